The molecule has 1 unspecified atom stereocenters. The highest BCUT2D eigenvalue weighted by Gasteiger charge is 2.46. The molecule has 4 bridgehead atoms. The van der Waals surface area contributed by atoms with Crippen LogP contribution in [-0.4, -0.2) is 17.8 Å². The third kappa shape index (κ3) is 1.82. The van der Waals surface area contributed by atoms with Crippen molar-refractivity contribution in [3.05, 3.63) is 12.2 Å². The lowest BCUT2D eigenvalue weighted by Gasteiger charge is -2.53. The molecule has 4 rings (SSSR count). The highest BCUT2D eigenvalue weighted by Crippen LogP contribution is 2.56. The van der Waals surface area contributed by atoms with Crippen molar-refractivity contribution in [2.24, 2.45) is 35.3 Å². The average Bonchev–Trinajstić information content (AvgIpc) is 2.26. The van der Waals surface area contributed by atoms with E-state index in [4.69, 9.17) is 5.73 Å². The Hall–Kier alpha value is -0.340. The van der Waals surface area contributed by atoms with Gasteiger partial charge in [-0.05, 0) is 61.7 Å². The van der Waals surface area contributed by atoms with E-state index in [2.05, 4.69) is 6.08 Å². The smallest absolute Gasteiger partial charge is 0.0843 e. The van der Waals surface area contributed by atoms with Crippen molar-refractivity contribution < 1.29 is 5.11 Å². The van der Waals surface area contributed by atoms with E-state index >= 15 is 0 Å². The Morgan fingerprint density at radius 2 is 1.62 bits per heavy atom. The van der Waals surface area contributed by atoms with Crippen molar-refractivity contribution in [3.8, 4) is 0 Å². The van der Waals surface area contributed by atoms with Crippen molar-refractivity contribution in [3.63, 3.8) is 0 Å². The number of hydrogen-bond acceptors (Lipinski definition) is 2. The second kappa shape index (κ2) is 4.15. The second-order valence-electron chi connectivity index (χ2n) is 6.20. The molecule has 4 saturated carbocycles. The van der Waals surface area contributed by atoms with Crippen LogP contribution in [0.5, 0.6) is 0 Å². The maximum atomic E-state index is 9.50. The number of nitrogens with two attached hydrogens (primary N) is 1. The lowest BCUT2D eigenvalue weighted by molar-refractivity contribution is -0.0164. The summed E-state index contributed by atoms with van der Waals surface area (Å²) in [5.41, 5.74) is 5.43. The molecule has 2 heteroatoms. The standard InChI is InChI=1S/C14H23NO/c15-8-13(16)1-2-14-11-4-9-3-10(6-11)7-12(14)5-9/h1-2,9-14,16H,3-8,15H2/b2-1+. The van der Waals surface area contributed by atoms with Gasteiger partial charge in [-0.2, -0.15) is 0 Å². The van der Waals surface area contributed by atoms with E-state index in [9.17, 15) is 5.11 Å². The average molecular weight is 221 g/mol. The van der Waals surface area contributed by atoms with Crippen molar-refractivity contribution in [1.82, 2.24) is 0 Å². The van der Waals surface area contributed by atoms with Gasteiger partial charge in [-0.15, -0.1) is 0 Å². The molecule has 0 radical (unpaired) electrons. The van der Waals surface area contributed by atoms with Gasteiger partial charge in [0, 0.05) is 6.54 Å². The number of aliphatic hydroxyl groups excluding tert-OH is 1. The van der Waals surface area contributed by atoms with Gasteiger partial charge in [0.25, 0.3) is 0 Å². The number of hydrogen-bond donors (Lipinski definition) is 2. The first kappa shape index (κ1) is 10.8. The number of allylic oxidation sites excluding steroid dienone is 1. The first-order valence-corrected chi connectivity index (χ1v) is 6.82. The van der Waals surface area contributed by atoms with Crippen LogP contribution in [0.1, 0.15) is 32.1 Å². The SMILES string of the molecule is NCC(O)/C=C/C1C2CC3CC(C2)CC1C3. The van der Waals surface area contributed by atoms with Crippen molar-refractivity contribution in [2.75, 3.05) is 6.54 Å². The van der Waals surface area contributed by atoms with Gasteiger partial charge < -0.3 is 10.8 Å². The van der Waals surface area contributed by atoms with Crippen LogP contribution >= 0.6 is 0 Å². The van der Waals surface area contributed by atoms with Crippen LogP contribution in [0.3, 0.4) is 0 Å². The molecule has 0 aromatic heterocycles. The molecule has 16 heavy (non-hydrogen) atoms. The Labute approximate surface area is 97.9 Å². The third-order valence-electron chi connectivity index (χ3n) is 5.10. The van der Waals surface area contributed by atoms with Crippen LogP contribution in [0.2, 0.25) is 0 Å². The zero-order valence-corrected chi connectivity index (χ0v) is 9.89. The van der Waals surface area contributed by atoms with Crippen LogP contribution in [0, 0.1) is 29.6 Å². The van der Waals surface area contributed by atoms with Gasteiger partial charge >= 0.3 is 0 Å². The first-order valence-electron chi connectivity index (χ1n) is 6.82. The number of rotatable bonds is 3. The Morgan fingerprint density at radius 1 is 1.06 bits per heavy atom. The quantitative estimate of drug-likeness (QED) is 0.715. The summed E-state index contributed by atoms with van der Waals surface area (Å²) in [5, 5.41) is 9.50. The van der Waals surface area contributed by atoms with Crippen LogP contribution in [0.4, 0.5) is 0 Å². The fraction of sp³-hybridized carbons (Fsp3) is 0.857. The molecule has 0 aromatic rings. The lowest BCUT2D eigenvalue weighted by atomic mass is 9.52. The van der Waals surface area contributed by atoms with Crippen LogP contribution in [0.15, 0.2) is 12.2 Å². The monoisotopic (exact) mass is 221 g/mol. The molecule has 4 aliphatic rings. The predicted molar refractivity (Wildman–Crippen MR) is 64.7 cm³/mol. The summed E-state index contributed by atoms with van der Waals surface area (Å²) in [6.07, 6.45) is 11.1. The van der Waals surface area contributed by atoms with Gasteiger partial charge in [0.05, 0.1) is 6.10 Å². The molecule has 0 saturated heterocycles. The molecule has 0 aliphatic heterocycles. The predicted octanol–water partition coefficient (Wildman–Crippen LogP) is 1.93. The van der Waals surface area contributed by atoms with E-state index in [0.29, 0.717) is 6.54 Å². The second-order valence-corrected chi connectivity index (χ2v) is 6.20. The van der Waals surface area contributed by atoms with Crippen molar-refractivity contribution >= 4 is 0 Å². The normalized spacial score (nSPS) is 47.8. The minimum Gasteiger partial charge on any atom is -0.388 e. The maximum Gasteiger partial charge on any atom is 0.0843 e. The topological polar surface area (TPSA) is 46.2 Å². The summed E-state index contributed by atoms with van der Waals surface area (Å²) >= 11 is 0. The van der Waals surface area contributed by atoms with E-state index in [-0.39, 0.29) is 0 Å². The molecule has 4 aliphatic carbocycles. The Bertz CT molecular complexity index is 258. The molecule has 0 aromatic carbocycles. The minimum absolute atomic E-state index is 0.351. The molecular formula is C14H23NO. The van der Waals surface area contributed by atoms with E-state index in [1.807, 2.05) is 6.08 Å². The molecule has 0 heterocycles. The molecule has 2 nitrogen and oxygen atoms in total. The zero-order valence-electron chi connectivity index (χ0n) is 9.89. The Morgan fingerprint density at radius 3 is 2.12 bits per heavy atom. The fourth-order valence-electron chi connectivity index (χ4n) is 4.62. The third-order valence-corrected chi connectivity index (χ3v) is 5.10. The highest BCUT2D eigenvalue weighted by atomic mass is 16.3. The Balaban J connectivity index is 1.70. The molecule has 0 spiro atoms. The van der Waals surface area contributed by atoms with Crippen LogP contribution in [-0.2, 0) is 0 Å². The van der Waals surface area contributed by atoms with E-state index in [0.717, 1.165) is 29.6 Å². The molecule has 1 atom stereocenters. The maximum absolute atomic E-state index is 9.50. The van der Waals surface area contributed by atoms with Crippen molar-refractivity contribution in [1.29, 1.82) is 0 Å². The van der Waals surface area contributed by atoms with Gasteiger partial charge in [0.1, 0.15) is 0 Å². The van der Waals surface area contributed by atoms with Gasteiger partial charge in [-0.1, -0.05) is 12.2 Å². The highest BCUT2D eigenvalue weighted by molar-refractivity contribution is 5.06. The summed E-state index contributed by atoms with van der Waals surface area (Å²) in [7, 11) is 0. The molecular weight excluding hydrogens is 198 g/mol. The van der Waals surface area contributed by atoms with Gasteiger partial charge in [-0.25, -0.2) is 0 Å². The van der Waals surface area contributed by atoms with E-state index in [1.165, 1.54) is 32.1 Å². The summed E-state index contributed by atoms with van der Waals surface area (Å²) in [5.74, 6) is 4.64. The van der Waals surface area contributed by atoms with Crippen LogP contribution in [0.25, 0.3) is 0 Å². The van der Waals surface area contributed by atoms with Gasteiger partial charge in [0.15, 0.2) is 0 Å². The van der Waals surface area contributed by atoms with Gasteiger partial charge in [-0.3, -0.25) is 0 Å². The first-order chi connectivity index (χ1) is 7.76. The van der Waals surface area contributed by atoms with Gasteiger partial charge in [0.2, 0.25) is 0 Å². The fourth-order valence-corrected chi connectivity index (χ4v) is 4.62. The van der Waals surface area contributed by atoms with Crippen molar-refractivity contribution in [2.45, 2.75) is 38.2 Å². The summed E-state index contributed by atoms with van der Waals surface area (Å²) in [6.45, 7) is 0.351. The van der Waals surface area contributed by atoms with E-state index in [1.54, 1.807) is 0 Å². The largest absolute Gasteiger partial charge is 0.388 e. The molecule has 4 fully saturated rings. The molecule has 90 valence electrons. The van der Waals surface area contributed by atoms with Crippen LogP contribution < -0.4 is 5.73 Å². The Kier molecular flexibility index (Phi) is 2.80. The molecule has 3 N–H and O–H groups in total. The lowest BCUT2D eigenvalue weighted by Crippen LogP contribution is -2.44. The summed E-state index contributed by atoms with van der Waals surface area (Å²) < 4.78 is 0. The number of aliphatic hydroxyl groups is 1. The molecule has 0 amide bonds. The summed E-state index contributed by atoms with van der Waals surface area (Å²) in [4.78, 5) is 0. The minimum atomic E-state index is -0.433. The zero-order chi connectivity index (χ0) is 11.1. The van der Waals surface area contributed by atoms with E-state index < -0.39 is 6.10 Å². The summed E-state index contributed by atoms with van der Waals surface area (Å²) in [6, 6.07) is 0.